The lowest BCUT2D eigenvalue weighted by Crippen LogP contribution is -2.17. The summed E-state index contributed by atoms with van der Waals surface area (Å²) >= 11 is 0. The van der Waals surface area contributed by atoms with E-state index in [0.717, 1.165) is 12.2 Å². The molecule has 0 aromatic carbocycles. The Morgan fingerprint density at radius 1 is 1.38 bits per heavy atom. The number of nitrogens with zero attached hydrogens (tertiary/aromatic N) is 3. The van der Waals surface area contributed by atoms with Crippen molar-refractivity contribution in [3.63, 3.8) is 0 Å². The van der Waals surface area contributed by atoms with Gasteiger partial charge < -0.3 is 5.11 Å². The Bertz CT molecular complexity index is 286. The first-order valence-electron chi connectivity index (χ1n) is 4.44. The van der Waals surface area contributed by atoms with Gasteiger partial charge in [-0.15, -0.1) is 5.10 Å². The molecule has 74 valence electrons. The van der Waals surface area contributed by atoms with Gasteiger partial charge >= 0.3 is 0 Å². The third-order valence-corrected chi connectivity index (χ3v) is 1.85. The Morgan fingerprint density at radius 3 is 2.38 bits per heavy atom. The van der Waals surface area contributed by atoms with Crippen molar-refractivity contribution in [2.75, 3.05) is 0 Å². The van der Waals surface area contributed by atoms with Crippen LogP contribution in [0.3, 0.4) is 0 Å². The van der Waals surface area contributed by atoms with Gasteiger partial charge in [-0.3, -0.25) is 0 Å². The molecule has 0 fully saturated rings. The summed E-state index contributed by atoms with van der Waals surface area (Å²) in [7, 11) is 0. The SMILES string of the molecule is Cc1c(CO)nnn1CC(C)(C)C. The zero-order valence-electron chi connectivity index (χ0n) is 8.70. The molecule has 1 aromatic rings. The van der Waals surface area contributed by atoms with Gasteiger partial charge in [0.05, 0.1) is 12.3 Å². The molecule has 0 saturated heterocycles. The normalized spacial score (nSPS) is 12.1. The van der Waals surface area contributed by atoms with Crippen molar-refractivity contribution in [3.05, 3.63) is 11.4 Å². The van der Waals surface area contributed by atoms with Gasteiger partial charge in [-0.1, -0.05) is 26.0 Å². The van der Waals surface area contributed by atoms with Crippen LogP contribution in [0.5, 0.6) is 0 Å². The van der Waals surface area contributed by atoms with Crippen molar-refractivity contribution >= 4 is 0 Å². The quantitative estimate of drug-likeness (QED) is 0.747. The van der Waals surface area contributed by atoms with Gasteiger partial charge in [0.25, 0.3) is 0 Å². The molecule has 0 atom stereocenters. The van der Waals surface area contributed by atoms with Gasteiger partial charge in [0.2, 0.25) is 0 Å². The average molecular weight is 183 g/mol. The maximum Gasteiger partial charge on any atom is 0.111 e. The van der Waals surface area contributed by atoms with Gasteiger partial charge in [0, 0.05) is 6.54 Å². The third-order valence-electron chi connectivity index (χ3n) is 1.85. The first-order chi connectivity index (χ1) is 5.94. The Morgan fingerprint density at radius 2 is 2.00 bits per heavy atom. The largest absolute Gasteiger partial charge is 0.390 e. The molecule has 0 unspecified atom stereocenters. The highest BCUT2D eigenvalue weighted by Gasteiger charge is 2.15. The molecule has 4 heteroatoms. The van der Waals surface area contributed by atoms with Crippen LogP contribution in [-0.2, 0) is 13.2 Å². The van der Waals surface area contributed by atoms with Gasteiger partial charge in [-0.05, 0) is 12.3 Å². The van der Waals surface area contributed by atoms with Crippen molar-refractivity contribution in [1.29, 1.82) is 0 Å². The number of hydrogen-bond donors (Lipinski definition) is 1. The number of hydrogen-bond acceptors (Lipinski definition) is 3. The van der Waals surface area contributed by atoms with Crippen molar-refractivity contribution in [1.82, 2.24) is 15.0 Å². The van der Waals surface area contributed by atoms with Crippen LogP contribution < -0.4 is 0 Å². The number of aliphatic hydroxyl groups is 1. The van der Waals surface area contributed by atoms with E-state index < -0.39 is 0 Å². The van der Waals surface area contributed by atoms with Crippen molar-refractivity contribution in [2.24, 2.45) is 5.41 Å². The molecule has 1 rings (SSSR count). The molecular formula is C9H17N3O. The van der Waals surface area contributed by atoms with Crippen molar-refractivity contribution in [3.8, 4) is 0 Å². The highest BCUT2D eigenvalue weighted by atomic mass is 16.3. The Labute approximate surface area is 78.6 Å². The van der Waals surface area contributed by atoms with Crippen LogP contribution in [0.1, 0.15) is 32.2 Å². The van der Waals surface area contributed by atoms with Crippen LogP contribution in [0.15, 0.2) is 0 Å². The average Bonchev–Trinajstić information content (AvgIpc) is 2.30. The molecule has 0 saturated carbocycles. The van der Waals surface area contributed by atoms with Crippen molar-refractivity contribution < 1.29 is 5.11 Å². The Hall–Kier alpha value is -0.900. The van der Waals surface area contributed by atoms with E-state index in [9.17, 15) is 0 Å². The molecule has 4 nitrogen and oxygen atoms in total. The fourth-order valence-corrected chi connectivity index (χ4v) is 1.14. The number of aromatic nitrogens is 3. The molecule has 0 aliphatic heterocycles. The van der Waals surface area contributed by atoms with Gasteiger partial charge in [0.1, 0.15) is 5.69 Å². The van der Waals surface area contributed by atoms with Crippen molar-refractivity contribution in [2.45, 2.75) is 40.8 Å². The second-order valence-corrected chi connectivity index (χ2v) is 4.50. The molecule has 0 bridgehead atoms. The number of aliphatic hydroxyl groups excluding tert-OH is 1. The van der Waals surface area contributed by atoms with Crippen LogP contribution >= 0.6 is 0 Å². The summed E-state index contributed by atoms with van der Waals surface area (Å²) in [6.07, 6.45) is 0. The Balaban J connectivity index is 2.84. The van der Waals surface area contributed by atoms with Crippen LogP contribution in [0.4, 0.5) is 0 Å². The Kier molecular flexibility index (Phi) is 2.71. The number of rotatable bonds is 2. The summed E-state index contributed by atoms with van der Waals surface area (Å²) in [5, 5.41) is 16.8. The minimum atomic E-state index is -0.0318. The first-order valence-corrected chi connectivity index (χ1v) is 4.44. The molecule has 1 aromatic heterocycles. The summed E-state index contributed by atoms with van der Waals surface area (Å²) < 4.78 is 1.84. The fraction of sp³-hybridized carbons (Fsp3) is 0.778. The molecule has 0 radical (unpaired) electrons. The van der Waals surface area contributed by atoms with E-state index in [2.05, 4.69) is 31.1 Å². The first kappa shape index (κ1) is 10.2. The second-order valence-electron chi connectivity index (χ2n) is 4.50. The fourth-order valence-electron chi connectivity index (χ4n) is 1.14. The topological polar surface area (TPSA) is 50.9 Å². The van der Waals surface area contributed by atoms with Crippen LogP contribution in [0, 0.1) is 12.3 Å². The lowest BCUT2D eigenvalue weighted by atomic mass is 9.97. The maximum absolute atomic E-state index is 8.91. The van der Waals surface area contributed by atoms with Crippen LogP contribution in [0.2, 0.25) is 0 Å². The second kappa shape index (κ2) is 3.46. The molecule has 13 heavy (non-hydrogen) atoms. The summed E-state index contributed by atoms with van der Waals surface area (Å²) in [5.41, 5.74) is 1.81. The van der Waals surface area contributed by atoms with Gasteiger partial charge in [0.15, 0.2) is 0 Å². The smallest absolute Gasteiger partial charge is 0.111 e. The lowest BCUT2D eigenvalue weighted by Gasteiger charge is -2.18. The van der Waals surface area contributed by atoms with E-state index in [1.807, 2.05) is 11.6 Å². The molecule has 0 spiro atoms. The van der Waals surface area contributed by atoms with E-state index in [0.29, 0.717) is 5.69 Å². The van der Waals surface area contributed by atoms with Crippen LogP contribution in [-0.4, -0.2) is 20.1 Å². The highest BCUT2D eigenvalue weighted by Crippen LogP contribution is 2.17. The van der Waals surface area contributed by atoms with E-state index in [-0.39, 0.29) is 12.0 Å². The predicted octanol–water partition coefficient (Wildman–Crippen LogP) is 1.12. The van der Waals surface area contributed by atoms with E-state index >= 15 is 0 Å². The summed E-state index contributed by atoms with van der Waals surface area (Å²) in [6.45, 7) is 9.16. The van der Waals surface area contributed by atoms with Crippen LogP contribution in [0.25, 0.3) is 0 Å². The minimum Gasteiger partial charge on any atom is -0.390 e. The summed E-state index contributed by atoms with van der Waals surface area (Å²) in [4.78, 5) is 0. The molecule has 0 aliphatic rings. The van der Waals surface area contributed by atoms with E-state index in [1.54, 1.807) is 0 Å². The molecular weight excluding hydrogens is 166 g/mol. The van der Waals surface area contributed by atoms with E-state index in [1.165, 1.54) is 0 Å². The lowest BCUT2D eigenvalue weighted by molar-refractivity contribution is 0.275. The minimum absolute atomic E-state index is 0.0318. The maximum atomic E-state index is 8.91. The monoisotopic (exact) mass is 183 g/mol. The molecule has 0 amide bonds. The summed E-state index contributed by atoms with van der Waals surface area (Å²) in [6, 6.07) is 0. The van der Waals surface area contributed by atoms with E-state index in [4.69, 9.17) is 5.11 Å². The zero-order chi connectivity index (χ0) is 10.1. The predicted molar refractivity (Wildman–Crippen MR) is 50.1 cm³/mol. The highest BCUT2D eigenvalue weighted by molar-refractivity contribution is 5.06. The molecule has 1 N–H and O–H groups in total. The molecule has 0 aliphatic carbocycles. The molecule has 1 heterocycles. The standard InChI is InChI=1S/C9H17N3O/c1-7-8(5-13)10-11-12(7)6-9(2,3)4/h13H,5-6H2,1-4H3. The van der Waals surface area contributed by atoms with Gasteiger partial charge in [-0.25, -0.2) is 4.68 Å². The third kappa shape index (κ3) is 2.52. The zero-order valence-corrected chi connectivity index (χ0v) is 8.70. The summed E-state index contributed by atoms with van der Waals surface area (Å²) in [5.74, 6) is 0. The van der Waals surface area contributed by atoms with Gasteiger partial charge in [-0.2, -0.15) is 0 Å².